The molecule has 2 aliphatic rings. The second-order valence-corrected chi connectivity index (χ2v) is 7.53. The fourth-order valence-electron chi connectivity index (χ4n) is 3.75. The summed E-state index contributed by atoms with van der Waals surface area (Å²) in [4.78, 5) is 2.49. The van der Waals surface area contributed by atoms with Gasteiger partial charge >= 0.3 is 0 Å². The molecule has 1 aliphatic carbocycles. The third-order valence-corrected chi connectivity index (χ3v) is 5.70. The molecule has 2 N–H and O–H groups in total. The Bertz CT molecular complexity index is 236. The number of rotatable bonds is 2. The Labute approximate surface area is 111 Å². The summed E-state index contributed by atoms with van der Waals surface area (Å²) in [6, 6.07) is 0.995. The molecule has 3 heteroatoms. The van der Waals surface area contributed by atoms with Crippen molar-refractivity contribution in [1.82, 2.24) is 4.90 Å². The van der Waals surface area contributed by atoms with E-state index in [1.54, 1.807) is 0 Å². The highest BCUT2D eigenvalue weighted by Crippen LogP contribution is 2.36. The van der Waals surface area contributed by atoms with Crippen LogP contribution >= 0.6 is 11.8 Å². The zero-order chi connectivity index (χ0) is 12.4. The zero-order valence-corrected chi connectivity index (χ0v) is 12.4. The van der Waals surface area contributed by atoms with Crippen LogP contribution in [0.5, 0.6) is 0 Å². The lowest BCUT2D eigenvalue weighted by Crippen LogP contribution is -2.54. The van der Waals surface area contributed by atoms with E-state index in [4.69, 9.17) is 5.73 Å². The smallest absolute Gasteiger partial charge is 0.0337 e. The number of nitrogens with zero attached hydrogens (tertiary/aromatic N) is 1. The van der Waals surface area contributed by atoms with Crippen molar-refractivity contribution in [1.29, 1.82) is 0 Å². The molecule has 1 heterocycles. The largest absolute Gasteiger partial charge is 0.326 e. The lowest BCUT2D eigenvalue weighted by Gasteiger charge is -2.42. The minimum Gasteiger partial charge on any atom is -0.326 e. The Morgan fingerprint density at radius 2 is 1.82 bits per heavy atom. The van der Waals surface area contributed by atoms with E-state index in [1.165, 1.54) is 37.3 Å². The highest BCUT2D eigenvalue weighted by Gasteiger charge is 2.34. The summed E-state index contributed by atoms with van der Waals surface area (Å²) < 4.78 is 0. The molecular formula is C14H28N2S. The minimum absolute atomic E-state index is 0.387. The average molecular weight is 256 g/mol. The van der Waals surface area contributed by atoms with Crippen LogP contribution in [0.25, 0.3) is 0 Å². The minimum atomic E-state index is 0.387. The summed E-state index contributed by atoms with van der Waals surface area (Å²) in [5.74, 6) is 5.00. The van der Waals surface area contributed by atoms with Crippen molar-refractivity contribution < 1.29 is 0 Å². The van der Waals surface area contributed by atoms with Crippen molar-refractivity contribution in [3.63, 3.8) is 0 Å². The number of hydrogen-bond donors (Lipinski definition) is 1. The van der Waals surface area contributed by atoms with Gasteiger partial charge in [0.1, 0.15) is 0 Å². The van der Waals surface area contributed by atoms with E-state index in [9.17, 15) is 0 Å². The van der Waals surface area contributed by atoms with E-state index in [0.29, 0.717) is 12.1 Å². The van der Waals surface area contributed by atoms with Crippen molar-refractivity contribution in [3.05, 3.63) is 0 Å². The second kappa shape index (κ2) is 5.94. The molecule has 4 atom stereocenters. The Hall–Kier alpha value is 0.270. The van der Waals surface area contributed by atoms with Crippen LogP contribution in [-0.4, -0.2) is 42.1 Å². The molecule has 2 fully saturated rings. The van der Waals surface area contributed by atoms with Crippen molar-refractivity contribution in [2.24, 2.45) is 23.5 Å². The number of hydrogen-bond acceptors (Lipinski definition) is 3. The maximum absolute atomic E-state index is 6.58. The first-order chi connectivity index (χ1) is 8.08. The van der Waals surface area contributed by atoms with E-state index < -0.39 is 0 Å². The highest BCUT2D eigenvalue weighted by atomic mass is 32.2. The van der Waals surface area contributed by atoms with Gasteiger partial charge in [-0.05, 0) is 44.1 Å². The predicted molar refractivity (Wildman–Crippen MR) is 77.4 cm³/mol. The summed E-state index contributed by atoms with van der Waals surface area (Å²) in [6.45, 7) is 6.00. The van der Waals surface area contributed by atoms with Crippen LogP contribution in [0.3, 0.4) is 0 Å². The van der Waals surface area contributed by atoms with Crippen LogP contribution < -0.4 is 5.73 Å². The van der Waals surface area contributed by atoms with Gasteiger partial charge in [0, 0.05) is 30.1 Å². The Morgan fingerprint density at radius 3 is 2.41 bits per heavy atom. The number of likely N-dealkylation sites (N-methyl/N-ethyl adjacent to an activating group) is 1. The first kappa shape index (κ1) is 13.7. The summed E-state index contributed by atoms with van der Waals surface area (Å²) >= 11 is 2.08. The molecule has 0 radical (unpaired) electrons. The third-order valence-electron chi connectivity index (χ3n) is 4.65. The molecule has 1 saturated heterocycles. The van der Waals surface area contributed by atoms with Crippen molar-refractivity contribution in [2.75, 3.05) is 25.1 Å². The van der Waals surface area contributed by atoms with Gasteiger partial charge in [-0.3, -0.25) is 0 Å². The number of nitrogens with two attached hydrogens (primary N) is 1. The molecule has 1 aliphatic heterocycles. The first-order valence-corrected chi connectivity index (χ1v) is 8.27. The first-order valence-electron chi connectivity index (χ1n) is 7.11. The van der Waals surface area contributed by atoms with Gasteiger partial charge in [-0.2, -0.15) is 11.8 Å². The van der Waals surface area contributed by atoms with Crippen LogP contribution in [-0.2, 0) is 0 Å². The molecule has 0 aromatic rings. The molecule has 4 unspecified atom stereocenters. The summed E-state index contributed by atoms with van der Waals surface area (Å²) in [5.41, 5.74) is 6.58. The molecule has 17 heavy (non-hydrogen) atoms. The molecule has 0 aromatic carbocycles. The highest BCUT2D eigenvalue weighted by molar-refractivity contribution is 7.99. The van der Waals surface area contributed by atoms with Crippen LogP contribution in [0, 0.1) is 17.8 Å². The van der Waals surface area contributed by atoms with E-state index in [1.807, 2.05) is 0 Å². The maximum atomic E-state index is 6.58. The summed E-state index contributed by atoms with van der Waals surface area (Å²) in [7, 11) is 2.25. The van der Waals surface area contributed by atoms with Gasteiger partial charge in [0.05, 0.1) is 0 Å². The molecule has 0 spiro atoms. The molecular weight excluding hydrogens is 228 g/mol. The quantitative estimate of drug-likeness (QED) is 0.823. The fraction of sp³-hybridized carbons (Fsp3) is 1.00. The lowest BCUT2D eigenvalue weighted by atomic mass is 9.72. The van der Waals surface area contributed by atoms with Gasteiger partial charge in [0.25, 0.3) is 0 Å². The Balaban J connectivity index is 1.95. The molecule has 2 rings (SSSR count). The normalized spacial score (nSPS) is 42.4. The maximum Gasteiger partial charge on any atom is 0.0337 e. The lowest BCUT2D eigenvalue weighted by molar-refractivity contribution is 0.136. The zero-order valence-electron chi connectivity index (χ0n) is 11.6. The standard InChI is InChI=1S/C14H28N2S/c1-10-6-11(2)8-12(7-10)14(15)13-9-17-5-4-16(13)3/h10-14H,4-9,15H2,1-3H3. The van der Waals surface area contributed by atoms with Crippen LogP contribution in [0.15, 0.2) is 0 Å². The van der Waals surface area contributed by atoms with Crippen LogP contribution in [0.2, 0.25) is 0 Å². The van der Waals surface area contributed by atoms with Gasteiger partial charge in [0.2, 0.25) is 0 Å². The Morgan fingerprint density at radius 1 is 1.18 bits per heavy atom. The molecule has 1 saturated carbocycles. The van der Waals surface area contributed by atoms with Gasteiger partial charge in [-0.15, -0.1) is 0 Å². The molecule has 100 valence electrons. The molecule has 0 bridgehead atoms. The van der Waals surface area contributed by atoms with Crippen molar-refractivity contribution in [3.8, 4) is 0 Å². The van der Waals surface area contributed by atoms with Gasteiger partial charge in [-0.1, -0.05) is 13.8 Å². The van der Waals surface area contributed by atoms with E-state index in [2.05, 4.69) is 37.6 Å². The van der Waals surface area contributed by atoms with Gasteiger partial charge in [-0.25, -0.2) is 0 Å². The Kier molecular flexibility index (Phi) is 4.79. The summed E-state index contributed by atoms with van der Waals surface area (Å²) in [5, 5.41) is 0. The van der Waals surface area contributed by atoms with Crippen LogP contribution in [0.1, 0.15) is 33.1 Å². The SMILES string of the molecule is CC1CC(C)CC(C(N)C2CSCCN2C)C1. The fourth-order valence-corrected chi connectivity index (χ4v) is 5.05. The third kappa shape index (κ3) is 3.39. The van der Waals surface area contributed by atoms with E-state index >= 15 is 0 Å². The second-order valence-electron chi connectivity index (χ2n) is 6.38. The molecule has 0 aromatic heterocycles. The van der Waals surface area contributed by atoms with Gasteiger partial charge in [0.15, 0.2) is 0 Å². The average Bonchev–Trinajstić information content (AvgIpc) is 2.27. The predicted octanol–water partition coefficient (Wildman–Crippen LogP) is 2.43. The van der Waals surface area contributed by atoms with Crippen molar-refractivity contribution in [2.45, 2.75) is 45.2 Å². The number of thioether (sulfide) groups is 1. The van der Waals surface area contributed by atoms with Crippen molar-refractivity contribution >= 4 is 11.8 Å². The topological polar surface area (TPSA) is 29.3 Å². The van der Waals surface area contributed by atoms with E-state index in [0.717, 1.165) is 17.8 Å². The molecule has 2 nitrogen and oxygen atoms in total. The van der Waals surface area contributed by atoms with Gasteiger partial charge < -0.3 is 10.6 Å². The van der Waals surface area contributed by atoms with Crippen LogP contribution in [0.4, 0.5) is 0 Å². The monoisotopic (exact) mass is 256 g/mol. The molecule has 0 amide bonds. The summed E-state index contributed by atoms with van der Waals surface area (Å²) in [6.07, 6.45) is 4.10. The van der Waals surface area contributed by atoms with E-state index in [-0.39, 0.29) is 0 Å².